The Balaban J connectivity index is 1.61. The number of hydrogen-bond acceptors (Lipinski definition) is 6. The summed E-state index contributed by atoms with van der Waals surface area (Å²) in [5, 5.41) is 0. The van der Waals surface area contributed by atoms with Crippen molar-refractivity contribution in [1.29, 1.82) is 0 Å². The van der Waals surface area contributed by atoms with E-state index >= 15 is 0 Å². The van der Waals surface area contributed by atoms with Gasteiger partial charge in [-0.05, 0) is 29.7 Å². The lowest BCUT2D eigenvalue weighted by Crippen LogP contribution is -2.39. The van der Waals surface area contributed by atoms with Crippen molar-refractivity contribution in [2.24, 2.45) is 0 Å². The molecule has 0 amide bonds. The fourth-order valence-electron chi connectivity index (χ4n) is 3.63. The second kappa shape index (κ2) is 11.3. The molecule has 1 fully saturated rings. The molecule has 2 aromatic carbocycles. The van der Waals surface area contributed by atoms with Gasteiger partial charge in [0.15, 0.2) is 9.84 Å². The minimum Gasteiger partial charge on any atom is -0.465 e. The highest BCUT2D eigenvalue weighted by Gasteiger charge is 2.21. The molecule has 1 N–H and O–H groups in total. The second-order valence-corrected chi connectivity index (χ2v) is 11.2. The molecule has 1 unspecified atom stereocenters. The molecule has 3 rings (SSSR count). The summed E-state index contributed by atoms with van der Waals surface area (Å²) in [5.41, 5.74) is 2.25. The van der Waals surface area contributed by atoms with Gasteiger partial charge in [0.25, 0.3) is 0 Å². The van der Waals surface area contributed by atoms with Crippen LogP contribution in [0.1, 0.15) is 27.0 Å². The van der Waals surface area contributed by atoms with Crippen LogP contribution >= 0.6 is 0 Å². The first-order chi connectivity index (χ1) is 15.7. The summed E-state index contributed by atoms with van der Waals surface area (Å²) >= 11 is -2.31. The van der Waals surface area contributed by atoms with Crippen LogP contribution in [0.3, 0.4) is 0 Å². The van der Waals surface area contributed by atoms with Crippen LogP contribution < -0.4 is 0 Å². The molecule has 1 atom stereocenters. The van der Waals surface area contributed by atoms with Gasteiger partial charge in [0.1, 0.15) is 5.82 Å². The quantitative estimate of drug-likeness (QED) is 0.417. The van der Waals surface area contributed by atoms with Gasteiger partial charge in [-0.25, -0.2) is 21.8 Å². The fraction of sp³-hybridized carbons (Fsp3) is 0.409. The smallest absolute Gasteiger partial charge is 0.337 e. The van der Waals surface area contributed by atoms with E-state index in [1.807, 2.05) is 24.3 Å². The summed E-state index contributed by atoms with van der Waals surface area (Å²) in [7, 11) is -1.72. The maximum Gasteiger partial charge on any atom is 0.337 e. The number of methoxy groups -OCH3 is 1. The third kappa shape index (κ3) is 7.41. The SMILES string of the molecule is COC(=O)c1ccc(CN(CCc2cccc(CN3CCS(=O)(=O)CC3)c2)S(=O)O)c(F)c1. The highest BCUT2D eigenvalue weighted by atomic mass is 32.2. The Bertz CT molecular complexity index is 1110. The largest absolute Gasteiger partial charge is 0.465 e. The minimum absolute atomic E-state index is 0.0681. The predicted molar refractivity (Wildman–Crippen MR) is 123 cm³/mol. The van der Waals surface area contributed by atoms with Crippen molar-refractivity contribution in [2.75, 3.05) is 38.2 Å². The number of esters is 1. The monoisotopic (exact) mass is 498 g/mol. The van der Waals surface area contributed by atoms with Gasteiger partial charge < -0.3 is 4.74 Å². The number of hydrogen-bond donors (Lipinski definition) is 1. The molecule has 0 aromatic heterocycles. The standard InChI is InChI=1S/C22H27FN2O6S2/c1-31-22(26)19-5-6-20(21(23)14-19)16-25(32(27)28)8-7-17-3-2-4-18(13-17)15-24-9-11-33(29,30)12-10-24/h2-6,13-14H,7-12,15-16H2,1H3,(H,27,28). The highest BCUT2D eigenvalue weighted by Crippen LogP contribution is 2.16. The number of benzene rings is 2. The van der Waals surface area contributed by atoms with E-state index in [1.54, 1.807) is 0 Å². The molecule has 0 spiro atoms. The Labute approximate surface area is 195 Å². The van der Waals surface area contributed by atoms with E-state index in [2.05, 4.69) is 9.64 Å². The van der Waals surface area contributed by atoms with E-state index < -0.39 is 32.9 Å². The molecule has 1 aliphatic rings. The van der Waals surface area contributed by atoms with Crippen molar-refractivity contribution < 1.29 is 31.1 Å². The molecule has 0 bridgehead atoms. The van der Waals surface area contributed by atoms with Crippen LogP contribution in [0.15, 0.2) is 42.5 Å². The lowest BCUT2D eigenvalue weighted by atomic mass is 10.1. The zero-order valence-corrected chi connectivity index (χ0v) is 19.9. The van der Waals surface area contributed by atoms with E-state index in [9.17, 15) is 26.4 Å². The summed E-state index contributed by atoms with van der Waals surface area (Å²) in [6, 6.07) is 11.6. The Kier molecular flexibility index (Phi) is 8.71. The average Bonchev–Trinajstić information content (AvgIpc) is 2.78. The first kappa shape index (κ1) is 25.4. The third-order valence-electron chi connectivity index (χ3n) is 5.53. The van der Waals surface area contributed by atoms with Gasteiger partial charge in [0.05, 0.1) is 24.2 Å². The molecule has 1 saturated heterocycles. The Morgan fingerprint density at radius 2 is 1.88 bits per heavy atom. The van der Waals surface area contributed by atoms with Gasteiger partial charge in [-0.3, -0.25) is 9.45 Å². The van der Waals surface area contributed by atoms with Crippen molar-refractivity contribution in [3.8, 4) is 0 Å². The average molecular weight is 499 g/mol. The summed E-state index contributed by atoms with van der Waals surface area (Å²) < 4.78 is 64.9. The van der Waals surface area contributed by atoms with Gasteiger partial charge in [0, 0.05) is 38.3 Å². The van der Waals surface area contributed by atoms with Gasteiger partial charge in [-0.1, -0.05) is 30.3 Å². The summed E-state index contributed by atoms with van der Waals surface area (Å²) in [4.78, 5) is 13.6. The molecule has 2 aromatic rings. The van der Waals surface area contributed by atoms with Crippen molar-refractivity contribution >= 4 is 27.1 Å². The molecule has 1 aliphatic heterocycles. The van der Waals surface area contributed by atoms with Crippen LogP contribution in [-0.4, -0.2) is 70.6 Å². The topological polar surface area (TPSA) is 104 Å². The maximum absolute atomic E-state index is 14.4. The van der Waals surface area contributed by atoms with Gasteiger partial charge in [-0.2, -0.15) is 4.31 Å². The van der Waals surface area contributed by atoms with Crippen LogP contribution in [0.4, 0.5) is 4.39 Å². The number of sulfone groups is 1. The molecular formula is C22H27FN2O6S2. The highest BCUT2D eigenvalue weighted by molar-refractivity contribution is 7.91. The predicted octanol–water partition coefficient (Wildman–Crippen LogP) is 2.02. The molecule has 33 heavy (non-hydrogen) atoms. The normalized spacial score (nSPS) is 17.1. The maximum atomic E-state index is 14.4. The lowest BCUT2D eigenvalue weighted by Gasteiger charge is -2.26. The lowest BCUT2D eigenvalue weighted by molar-refractivity contribution is 0.0600. The fourth-order valence-corrected chi connectivity index (χ4v) is 5.40. The van der Waals surface area contributed by atoms with E-state index in [0.717, 1.165) is 17.2 Å². The summed E-state index contributed by atoms with van der Waals surface area (Å²) in [5.74, 6) is -0.976. The number of rotatable bonds is 9. The van der Waals surface area contributed by atoms with Crippen LogP contribution in [0, 0.1) is 5.82 Å². The Morgan fingerprint density at radius 1 is 1.18 bits per heavy atom. The van der Waals surface area contributed by atoms with Crippen molar-refractivity contribution in [2.45, 2.75) is 19.5 Å². The number of carbonyl (C=O) groups excluding carboxylic acids is 1. The molecule has 1 heterocycles. The van der Waals surface area contributed by atoms with E-state index in [-0.39, 0.29) is 35.7 Å². The number of nitrogens with zero attached hydrogens (tertiary/aromatic N) is 2. The van der Waals surface area contributed by atoms with Crippen LogP contribution in [0.5, 0.6) is 0 Å². The van der Waals surface area contributed by atoms with Crippen LogP contribution in [-0.2, 0) is 45.4 Å². The molecular weight excluding hydrogens is 471 g/mol. The van der Waals surface area contributed by atoms with Crippen LogP contribution in [0.2, 0.25) is 0 Å². The van der Waals surface area contributed by atoms with Crippen molar-refractivity contribution in [1.82, 2.24) is 9.21 Å². The van der Waals surface area contributed by atoms with E-state index in [1.165, 1.54) is 23.5 Å². The zero-order valence-electron chi connectivity index (χ0n) is 18.3. The summed E-state index contributed by atoms with van der Waals surface area (Å²) in [6.07, 6.45) is 0.469. The Hall–Kier alpha value is -2.18. The zero-order chi connectivity index (χ0) is 24.0. The molecule has 180 valence electrons. The molecule has 11 heteroatoms. The van der Waals surface area contributed by atoms with E-state index in [0.29, 0.717) is 26.1 Å². The number of halogens is 1. The number of ether oxygens (including phenoxy) is 1. The molecule has 0 saturated carbocycles. The molecule has 0 aliphatic carbocycles. The van der Waals surface area contributed by atoms with Gasteiger partial charge in [0.2, 0.25) is 11.3 Å². The second-order valence-electron chi connectivity index (χ2n) is 7.89. The first-order valence-corrected chi connectivity index (χ1v) is 13.3. The first-order valence-electron chi connectivity index (χ1n) is 10.4. The number of carbonyl (C=O) groups is 1. The minimum atomic E-state index is -2.93. The molecule has 8 nitrogen and oxygen atoms in total. The van der Waals surface area contributed by atoms with E-state index in [4.69, 9.17) is 0 Å². The third-order valence-corrected chi connectivity index (χ3v) is 7.89. The summed E-state index contributed by atoms with van der Waals surface area (Å²) in [6.45, 7) is 1.76. The van der Waals surface area contributed by atoms with Gasteiger partial charge >= 0.3 is 5.97 Å². The van der Waals surface area contributed by atoms with Gasteiger partial charge in [-0.15, -0.1) is 0 Å². The van der Waals surface area contributed by atoms with Crippen molar-refractivity contribution in [3.05, 3.63) is 70.5 Å². The van der Waals surface area contributed by atoms with Crippen molar-refractivity contribution in [3.63, 3.8) is 0 Å². The van der Waals surface area contributed by atoms with Crippen LogP contribution in [0.25, 0.3) is 0 Å². The Morgan fingerprint density at radius 3 is 2.52 bits per heavy atom. The molecule has 0 radical (unpaired) electrons.